The number of rotatable bonds is 7. The third-order valence-electron chi connectivity index (χ3n) is 3.70. The average molecular weight is 281 g/mol. The molecule has 110 valence electrons. The molecule has 2 nitrogen and oxygen atoms in total. The molecular weight excluding hydrogens is 258 g/mol. The molecule has 0 unspecified atom stereocenters. The SMILES string of the molecule is CCCNCc1cccc(-c2ccc(OC3CC3)cc2)c1. The molecule has 1 saturated carbocycles. The van der Waals surface area contributed by atoms with Crippen LogP contribution >= 0.6 is 0 Å². The molecule has 1 fully saturated rings. The van der Waals surface area contributed by atoms with Gasteiger partial charge in [0.15, 0.2) is 0 Å². The summed E-state index contributed by atoms with van der Waals surface area (Å²) in [6.07, 6.45) is 4.04. The number of hydrogen-bond donors (Lipinski definition) is 1. The predicted octanol–water partition coefficient (Wildman–Crippen LogP) is 4.39. The second-order valence-corrected chi connectivity index (χ2v) is 5.72. The van der Waals surface area contributed by atoms with E-state index in [4.69, 9.17) is 4.74 Å². The van der Waals surface area contributed by atoms with Gasteiger partial charge in [-0.25, -0.2) is 0 Å². The van der Waals surface area contributed by atoms with Crippen LogP contribution in [0.25, 0.3) is 11.1 Å². The molecule has 1 N–H and O–H groups in total. The molecule has 0 saturated heterocycles. The van der Waals surface area contributed by atoms with Gasteiger partial charge >= 0.3 is 0 Å². The van der Waals surface area contributed by atoms with Gasteiger partial charge in [0, 0.05) is 6.54 Å². The van der Waals surface area contributed by atoms with Gasteiger partial charge in [-0.05, 0) is 60.7 Å². The maximum Gasteiger partial charge on any atom is 0.119 e. The standard InChI is InChI=1S/C19H23NO/c1-2-12-20-14-15-4-3-5-17(13-15)16-6-8-18(9-7-16)21-19-10-11-19/h3-9,13,19-20H,2,10-12,14H2,1H3. The lowest BCUT2D eigenvalue weighted by Gasteiger charge is -2.08. The van der Waals surface area contributed by atoms with Crippen molar-refractivity contribution in [3.8, 4) is 16.9 Å². The molecule has 1 aliphatic rings. The highest BCUT2D eigenvalue weighted by atomic mass is 16.5. The lowest BCUT2D eigenvalue weighted by atomic mass is 10.0. The molecule has 0 aliphatic heterocycles. The smallest absolute Gasteiger partial charge is 0.119 e. The van der Waals surface area contributed by atoms with Crippen LogP contribution in [0.1, 0.15) is 31.7 Å². The maximum atomic E-state index is 5.80. The lowest BCUT2D eigenvalue weighted by molar-refractivity contribution is 0.303. The first kappa shape index (κ1) is 14.2. The van der Waals surface area contributed by atoms with Gasteiger partial charge in [-0.3, -0.25) is 0 Å². The maximum absolute atomic E-state index is 5.80. The summed E-state index contributed by atoms with van der Waals surface area (Å²) >= 11 is 0. The van der Waals surface area contributed by atoms with Gasteiger partial charge in [0.05, 0.1) is 6.10 Å². The van der Waals surface area contributed by atoms with Crippen molar-refractivity contribution in [3.05, 3.63) is 54.1 Å². The Balaban J connectivity index is 1.68. The first-order chi connectivity index (χ1) is 10.3. The molecule has 2 aromatic rings. The molecule has 21 heavy (non-hydrogen) atoms. The van der Waals surface area contributed by atoms with Crippen LogP contribution < -0.4 is 10.1 Å². The fraction of sp³-hybridized carbons (Fsp3) is 0.368. The molecule has 3 rings (SSSR count). The molecule has 0 aromatic heterocycles. The van der Waals surface area contributed by atoms with Crippen molar-refractivity contribution < 1.29 is 4.74 Å². The minimum Gasteiger partial charge on any atom is -0.490 e. The van der Waals surface area contributed by atoms with Gasteiger partial charge in [0.2, 0.25) is 0 Å². The molecule has 0 bridgehead atoms. The zero-order chi connectivity index (χ0) is 14.5. The van der Waals surface area contributed by atoms with Crippen LogP contribution in [0.2, 0.25) is 0 Å². The van der Waals surface area contributed by atoms with Gasteiger partial charge in [-0.15, -0.1) is 0 Å². The van der Waals surface area contributed by atoms with E-state index in [2.05, 4.69) is 60.8 Å². The van der Waals surface area contributed by atoms with Crippen molar-refractivity contribution >= 4 is 0 Å². The molecule has 0 atom stereocenters. The van der Waals surface area contributed by atoms with E-state index in [0.29, 0.717) is 6.10 Å². The molecule has 0 amide bonds. The Hall–Kier alpha value is -1.80. The number of nitrogens with one attached hydrogen (secondary N) is 1. The summed E-state index contributed by atoms with van der Waals surface area (Å²) < 4.78 is 5.80. The average Bonchev–Trinajstić information content (AvgIpc) is 3.33. The molecule has 0 heterocycles. The van der Waals surface area contributed by atoms with Gasteiger partial charge in [0.25, 0.3) is 0 Å². The Kier molecular flexibility index (Phi) is 4.56. The zero-order valence-electron chi connectivity index (χ0n) is 12.6. The Labute approximate surface area is 127 Å². The van der Waals surface area contributed by atoms with Crippen LogP contribution in [0, 0.1) is 0 Å². The highest BCUT2D eigenvalue weighted by Crippen LogP contribution is 2.28. The second-order valence-electron chi connectivity index (χ2n) is 5.72. The summed E-state index contributed by atoms with van der Waals surface area (Å²) in [7, 11) is 0. The monoisotopic (exact) mass is 281 g/mol. The van der Waals surface area contributed by atoms with E-state index >= 15 is 0 Å². The fourth-order valence-electron chi connectivity index (χ4n) is 2.37. The van der Waals surface area contributed by atoms with Crippen LogP contribution in [0.15, 0.2) is 48.5 Å². The normalized spacial score (nSPS) is 14.1. The van der Waals surface area contributed by atoms with E-state index in [0.717, 1.165) is 18.8 Å². The molecule has 2 heteroatoms. The van der Waals surface area contributed by atoms with Crippen molar-refractivity contribution in [2.75, 3.05) is 6.54 Å². The second kappa shape index (κ2) is 6.77. The van der Waals surface area contributed by atoms with Gasteiger partial charge in [-0.1, -0.05) is 37.3 Å². The minimum absolute atomic E-state index is 0.462. The fourth-order valence-corrected chi connectivity index (χ4v) is 2.37. The lowest BCUT2D eigenvalue weighted by Crippen LogP contribution is -2.13. The van der Waals surface area contributed by atoms with E-state index < -0.39 is 0 Å². The predicted molar refractivity (Wildman–Crippen MR) is 87.5 cm³/mol. The summed E-state index contributed by atoms with van der Waals surface area (Å²) in [4.78, 5) is 0. The largest absolute Gasteiger partial charge is 0.490 e. The van der Waals surface area contributed by atoms with E-state index in [1.54, 1.807) is 0 Å². The van der Waals surface area contributed by atoms with Gasteiger partial charge in [0.1, 0.15) is 5.75 Å². The van der Waals surface area contributed by atoms with Gasteiger partial charge < -0.3 is 10.1 Å². The van der Waals surface area contributed by atoms with Crippen molar-refractivity contribution in [1.82, 2.24) is 5.32 Å². The van der Waals surface area contributed by atoms with Crippen molar-refractivity contribution in [1.29, 1.82) is 0 Å². The summed E-state index contributed by atoms with van der Waals surface area (Å²) in [5, 5.41) is 3.45. The third kappa shape index (κ3) is 4.08. The minimum atomic E-state index is 0.462. The highest BCUT2D eigenvalue weighted by Gasteiger charge is 2.23. The number of ether oxygens (including phenoxy) is 1. The quantitative estimate of drug-likeness (QED) is 0.760. The highest BCUT2D eigenvalue weighted by molar-refractivity contribution is 5.64. The van der Waals surface area contributed by atoms with Crippen LogP contribution in [0.5, 0.6) is 5.75 Å². The molecule has 2 aromatic carbocycles. The van der Waals surface area contributed by atoms with E-state index in [-0.39, 0.29) is 0 Å². The van der Waals surface area contributed by atoms with Crippen molar-refractivity contribution in [3.63, 3.8) is 0 Å². The Bertz CT molecular complexity index is 572. The van der Waals surface area contributed by atoms with E-state index in [1.165, 1.54) is 36.0 Å². The summed E-state index contributed by atoms with van der Waals surface area (Å²) in [5.74, 6) is 0.988. The molecule has 0 spiro atoms. The van der Waals surface area contributed by atoms with Crippen molar-refractivity contribution in [2.24, 2.45) is 0 Å². The first-order valence-corrected chi connectivity index (χ1v) is 7.92. The summed E-state index contributed by atoms with van der Waals surface area (Å²) in [5.41, 5.74) is 3.85. The van der Waals surface area contributed by atoms with Crippen LogP contribution in [0.3, 0.4) is 0 Å². The first-order valence-electron chi connectivity index (χ1n) is 7.92. The Morgan fingerprint density at radius 1 is 1.05 bits per heavy atom. The molecule has 0 radical (unpaired) electrons. The van der Waals surface area contributed by atoms with Crippen LogP contribution in [-0.2, 0) is 6.54 Å². The molecular formula is C19H23NO. The van der Waals surface area contributed by atoms with Crippen molar-refractivity contribution in [2.45, 2.75) is 38.8 Å². The van der Waals surface area contributed by atoms with Crippen LogP contribution in [0.4, 0.5) is 0 Å². The van der Waals surface area contributed by atoms with Gasteiger partial charge in [-0.2, -0.15) is 0 Å². The summed E-state index contributed by atoms with van der Waals surface area (Å²) in [6, 6.07) is 17.2. The number of benzene rings is 2. The van der Waals surface area contributed by atoms with Crippen LogP contribution in [-0.4, -0.2) is 12.6 Å². The Morgan fingerprint density at radius 3 is 2.57 bits per heavy atom. The Morgan fingerprint density at radius 2 is 1.86 bits per heavy atom. The van der Waals surface area contributed by atoms with E-state index in [1.807, 2.05) is 0 Å². The van der Waals surface area contributed by atoms with E-state index in [9.17, 15) is 0 Å². The molecule has 1 aliphatic carbocycles. The zero-order valence-corrected chi connectivity index (χ0v) is 12.6. The summed E-state index contributed by atoms with van der Waals surface area (Å²) in [6.45, 7) is 4.19. The number of hydrogen-bond acceptors (Lipinski definition) is 2. The topological polar surface area (TPSA) is 21.3 Å². The third-order valence-corrected chi connectivity index (χ3v) is 3.70.